The summed E-state index contributed by atoms with van der Waals surface area (Å²) in [4.78, 5) is 11.9. The Morgan fingerprint density at radius 3 is 2.45 bits per heavy atom. The molecule has 2 rings (SSSR count). The molecule has 0 spiro atoms. The highest BCUT2D eigenvalue weighted by Crippen LogP contribution is 2.23. The lowest BCUT2D eigenvalue weighted by atomic mass is 10.1. The average Bonchev–Trinajstić information content (AvgIpc) is 2.41. The number of amides is 1. The van der Waals surface area contributed by atoms with Crippen LogP contribution < -0.4 is 5.32 Å². The number of nitrogens with one attached hydrogen (secondary N) is 1. The molecule has 2 nitrogen and oxygen atoms in total. The summed E-state index contributed by atoms with van der Waals surface area (Å²) >= 11 is 3.10. The lowest BCUT2D eigenvalue weighted by molar-refractivity contribution is 0.102. The van der Waals surface area contributed by atoms with Gasteiger partial charge >= 0.3 is 0 Å². The van der Waals surface area contributed by atoms with E-state index in [4.69, 9.17) is 0 Å². The Hall–Kier alpha value is -1.82. The second-order valence-electron chi connectivity index (χ2n) is 4.13. The first-order chi connectivity index (χ1) is 9.40. The Morgan fingerprint density at radius 2 is 1.75 bits per heavy atom. The van der Waals surface area contributed by atoms with Crippen molar-refractivity contribution in [1.82, 2.24) is 0 Å². The number of halogens is 4. The van der Waals surface area contributed by atoms with Crippen molar-refractivity contribution in [1.29, 1.82) is 0 Å². The number of aryl methyl sites for hydroxylation is 1. The highest BCUT2D eigenvalue weighted by Gasteiger charge is 2.18. The first kappa shape index (κ1) is 14.6. The van der Waals surface area contributed by atoms with Crippen LogP contribution in [0.25, 0.3) is 0 Å². The summed E-state index contributed by atoms with van der Waals surface area (Å²) in [6.45, 7) is 1.43. The van der Waals surface area contributed by atoms with E-state index in [0.717, 1.165) is 12.1 Å². The number of rotatable bonds is 2. The molecule has 20 heavy (non-hydrogen) atoms. The van der Waals surface area contributed by atoms with Crippen molar-refractivity contribution < 1.29 is 18.0 Å². The SMILES string of the molecule is Cc1ccc(F)c(NC(=O)c2cc(Br)ccc2F)c1F. The molecule has 1 N–H and O–H groups in total. The van der Waals surface area contributed by atoms with Crippen LogP contribution in [0, 0.1) is 24.4 Å². The summed E-state index contributed by atoms with van der Waals surface area (Å²) in [6, 6.07) is 6.02. The summed E-state index contributed by atoms with van der Waals surface area (Å²) in [5, 5.41) is 2.05. The highest BCUT2D eigenvalue weighted by molar-refractivity contribution is 9.10. The van der Waals surface area contributed by atoms with E-state index in [-0.39, 0.29) is 11.1 Å². The number of carbonyl (C=O) groups excluding carboxylic acids is 1. The Balaban J connectivity index is 2.38. The number of anilines is 1. The van der Waals surface area contributed by atoms with Gasteiger partial charge < -0.3 is 5.32 Å². The third kappa shape index (κ3) is 2.85. The van der Waals surface area contributed by atoms with Gasteiger partial charge in [-0.2, -0.15) is 0 Å². The lowest BCUT2D eigenvalue weighted by Crippen LogP contribution is -2.16. The van der Waals surface area contributed by atoms with E-state index in [1.165, 1.54) is 25.1 Å². The van der Waals surface area contributed by atoms with Gasteiger partial charge in [0.1, 0.15) is 17.3 Å². The maximum absolute atomic E-state index is 13.8. The topological polar surface area (TPSA) is 29.1 Å². The lowest BCUT2D eigenvalue weighted by Gasteiger charge is -2.10. The largest absolute Gasteiger partial charge is 0.317 e. The van der Waals surface area contributed by atoms with E-state index in [0.29, 0.717) is 4.47 Å². The quantitative estimate of drug-likeness (QED) is 0.858. The molecule has 0 saturated heterocycles. The van der Waals surface area contributed by atoms with Gasteiger partial charge in [-0.15, -0.1) is 0 Å². The van der Waals surface area contributed by atoms with Gasteiger partial charge in [0.2, 0.25) is 0 Å². The third-order valence-corrected chi connectivity index (χ3v) is 3.19. The fraction of sp³-hybridized carbons (Fsp3) is 0.0714. The Bertz CT molecular complexity index is 688. The van der Waals surface area contributed by atoms with Crippen molar-refractivity contribution >= 4 is 27.5 Å². The zero-order chi connectivity index (χ0) is 14.9. The summed E-state index contributed by atoms with van der Waals surface area (Å²) in [7, 11) is 0. The second-order valence-corrected chi connectivity index (χ2v) is 5.05. The molecule has 0 unspecified atom stereocenters. The van der Waals surface area contributed by atoms with Gasteiger partial charge in [0.25, 0.3) is 5.91 Å². The van der Waals surface area contributed by atoms with E-state index >= 15 is 0 Å². The molecule has 0 heterocycles. The third-order valence-electron chi connectivity index (χ3n) is 2.70. The number of carbonyl (C=O) groups is 1. The maximum Gasteiger partial charge on any atom is 0.258 e. The van der Waals surface area contributed by atoms with Gasteiger partial charge in [0.15, 0.2) is 5.82 Å². The molecule has 2 aromatic rings. The van der Waals surface area contributed by atoms with Crippen LogP contribution in [-0.2, 0) is 0 Å². The monoisotopic (exact) mass is 343 g/mol. The molecule has 6 heteroatoms. The van der Waals surface area contributed by atoms with Crippen LogP contribution in [-0.4, -0.2) is 5.91 Å². The summed E-state index contributed by atoms with van der Waals surface area (Å²) in [5.41, 5.74) is -0.717. The summed E-state index contributed by atoms with van der Waals surface area (Å²) < 4.78 is 41.3. The van der Waals surface area contributed by atoms with E-state index in [1.807, 2.05) is 0 Å². The number of hydrogen-bond acceptors (Lipinski definition) is 1. The molecule has 0 radical (unpaired) electrons. The molecular formula is C14H9BrF3NO. The molecule has 0 atom stereocenters. The molecule has 0 aromatic heterocycles. The first-order valence-electron chi connectivity index (χ1n) is 5.61. The van der Waals surface area contributed by atoms with E-state index in [9.17, 15) is 18.0 Å². The predicted octanol–water partition coefficient (Wildman–Crippen LogP) is 4.43. The van der Waals surface area contributed by atoms with Crippen molar-refractivity contribution in [3.8, 4) is 0 Å². The Morgan fingerprint density at radius 1 is 1.10 bits per heavy atom. The number of hydrogen-bond donors (Lipinski definition) is 1. The normalized spacial score (nSPS) is 10.4. The molecule has 104 valence electrons. The molecule has 0 fully saturated rings. The molecule has 0 aliphatic carbocycles. The molecule has 0 bridgehead atoms. The highest BCUT2D eigenvalue weighted by atomic mass is 79.9. The van der Waals surface area contributed by atoms with Crippen molar-refractivity contribution in [2.45, 2.75) is 6.92 Å². The van der Waals surface area contributed by atoms with Crippen LogP contribution in [0.5, 0.6) is 0 Å². The van der Waals surface area contributed by atoms with Crippen molar-refractivity contribution in [2.24, 2.45) is 0 Å². The number of benzene rings is 2. The standard InChI is InChI=1S/C14H9BrF3NO/c1-7-2-4-11(17)13(12(7)18)19-14(20)9-6-8(15)3-5-10(9)16/h2-6H,1H3,(H,19,20). The minimum Gasteiger partial charge on any atom is -0.317 e. The fourth-order valence-electron chi connectivity index (χ4n) is 1.62. The molecule has 0 aliphatic rings. The van der Waals surface area contributed by atoms with Gasteiger partial charge in [0, 0.05) is 4.47 Å². The van der Waals surface area contributed by atoms with Crippen LogP contribution in [0.3, 0.4) is 0 Å². The second kappa shape index (κ2) is 5.66. The van der Waals surface area contributed by atoms with Gasteiger partial charge in [0.05, 0.1) is 5.56 Å². The Kier molecular flexibility index (Phi) is 4.13. The van der Waals surface area contributed by atoms with Gasteiger partial charge in [-0.3, -0.25) is 4.79 Å². The minimum atomic E-state index is -0.924. The first-order valence-corrected chi connectivity index (χ1v) is 6.40. The predicted molar refractivity (Wildman–Crippen MR) is 73.1 cm³/mol. The van der Waals surface area contributed by atoms with Crippen LogP contribution in [0.1, 0.15) is 15.9 Å². The van der Waals surface area contributed by atoms with E-state index < -0.39 is 29.0 Å². The molecular weight excluding hydrogens is 335 g/mol. The van der Waals surface area contributed by atoms with E-state index in [2.05, 4.69) is 21.2 Å². The van der Waals surface area contributed by atoms with Gasteiger partial charge in [-0.05, 0) is 36.8 Å². The zero-order valence-electron chi connectivity index (χ0n) is 10.3. The molecule has 0 aliphatic heterocycles. The molecule has 1 amide bonds. The Labute approximate surface area is 121 Å². The minimum absolute atomic E-state index is 0.177. The summed E-state index contributed by atoms with van der Waals surface area (Å²) in [6.07, 6.45) is 0. The average molecular weight is 344 g/mol. The van der Waals surface area contributed by atoms with Crippen molar-refractivity contribution in [2.75, 3.05) is 5.32 Å². The van der Waals surface area contributed by atoms with Crippen molar-refractivity contribution in [3.05, 3.63) is 63.4 Å². The fourth-order valence-corrected chi connectivity index (χ4v) is 1.98. The van der Waals surface area contributed by atoms with Crippen LogP contribution in [0.15, 0.2) is 34.8 Å². The van der Waals surface area contributed by atoms with Crippen LogP contribution >= 0.6 is 15.9 Å². The maximum atomic E-state index is 13.8. The molecule has 2 aromatic carbocycles. The smallest absolute Gasteiger partial charge is 0.258 e. The summed E-state index contributed by atoms with van der Waals surface area (Å²) in [5.74, 6) is -3.50. The van der Waals surface area contributed by atoms with E-state index in [1.54, 1.807) is 0 Å². The zero-order valence-corrected chi connectivity index (χ0v) is 11.9. The van der Waals surface area contributed by atoms with Gasteiger partial charge in [-0.25, -0.2) is 13.2 Å². The molecule has 0 saturated carbocycles. The van der Waals surface area contributed by atoms with Crippen LogP contribution in [0.2, 0.25) is 0 Å². The van der Waals surface area contributed by atoms with Crippen LogP contribution in [0.4, 0.5) is 18.9 Å². The van der Waals surface area contributed by atoms with Crippen molar-refractivity contribution in [3.63, 3.8) is 0 Å². The van der Waals surface area contributed by atoms with Gasteiger partial charge in [-0.1, -0.05) is 22.0 Å².